The average molecular weight is 228 g/mol. The second kappa shape index (κ2) is 12.0. The van der Waals surface area contributed by atoms with Crippen LogP contribution in [0.1, 0.15) is 27.7 Å². The normalized spacial score (nSPS) is 11.0. The first-order valence-corrected chi connectivity index (χ1v) is 5.47. The summed E-state index contributed by atoms with van der Waals surface area (Å²) in [4.78, 5) is 10.4. The van der Waals surface area contributed by atoms with Gasteiger partial charge in [-0.25, -0.2) is 4.79 Å². The van der Waals surface area contributed by atoms with Crippen LogP contribution in [-0.4, -0.2) is 24.8 Å². The Labute approximate surface area is 98.8 Å². The van der Waals surface area contributed by atoms with E-state index in [1.54, 1.807) is 12.2 Å². The Kier molecular flexibility index (Phi) is 13.0. The van der Waals surface area contributed by atoms with Gasteiger partial charge in [0.25, 0.3) is 0 Å². The van der Waals surface area contributed by atoms with Crippen LogP contribution in [0.5, 0.6) is 0 Å². The molecule has 0 aliphatic heterocycles. The van der Waals surface area contributed by atoms with Gasteiger partial charge in [-0.3, -0.25) is 0 Å². The monoisotopic (exact) mass is 228 g/mol. The number of hydrogen-bond donors (Lipinski definition) is 1. The lowest BCUT2D eigenvalue weighted by atomic mass is 10.2. The number of ether oxygens (including phenoxy) is 1. The number of aliphatic hydroxyl groups excluding tert-OH is 1. The smallest absolute Gasteiger partial charge is 0.330 e. The van der Waals surface area contributed by atoms with Crippen molar-refractivity contribution in [2.45, 2.75) is 27.7 Å². The number of carbonyl (C=O) groups is 1. The minimum Gasteiger partial charge on any atom is -0.466 e. The maximum Gasteiger partial charge on any atom is 0.330 e. The van der Waals surface area contributed by atoms with E-state index < -0.39 is 0 Å². The number of rotatable bonds is 4. The molecule has 0 saturated heterocycles. The molecule has 3 heteroatoms. The van der Waals surface area contributed by atoms with Crippen molar-refractivity contribution in [3.8, 4) is 0 Å². The second-order valence-electron chi connectivity index (χ2n) is 3.98. The Bertz CT molecular complexity index is 215. The fourth-order valence-electron chi connectivity index (χ4n) is 0.672. The third kappa shape index (κ3) is 18.6. The first-order chi connectivity index (χ1) is 7.43. The highest BCUT2D eigenvalue weighted by atomic mass is 16.5. The molecule has 0 fully saturated rings. The molecule has 0 aromatic heterocycles. The summed E-state index contributed by atoms with van der Waals surface area (Å²) in [6.07, 6.45) is 6.96. The van der Waals surface area contributed by atoms with E-state index in [-0.39, 0.29) is 12.6 Å². The van der Waals surface area contributed by atoms with Crippen molar-refractivity contribution < 1.29 is 14.6 Å². The molecule has 0 rings (SSSR count). The van der Waals surface area contributed by atoms with Gasteiger partial charge in [-0.1, -0.05) is 45.9 Å². The fourth-order valence-corrected chi connectivity index (χ4v) is 0.672. The molecule has 1 N–H and O–H groups in total. The summed E-state index contributed by atoms with van der Waals surface area (Å²) in [6, 6.07) is 0. The lowest BCUT2D eigenvalue weighted by Gasteiger charge is -1.92. The first-order valence-electron chi connectivity index (χ1n) is 5.47. The maximum absolute atomic E-state index is 10.4. The van der Waals surface area contributed by atoms with Crippen LogP contribution in [-0.2, 0) is 9.53 Å². The molecule has 16 heavy (non-hydrogen) atoms. The molecular weight excluding hydrogens is 204 g/mol. The van der Waals surface area contributed by atoms with Gasteiger partial charge in [-0.05, 0) is 11.8 Å². The van der Waals surface area contributed by atoms with E-state index in [4.69, 9.17) is 5.11 Å². The number of hydrogen-bond acceptors (Lipinski definition) is 3. The molecule has 0 heterocycles. The lowest BCUT2D eigenvalue weighted by molar-refractivity contribution is -0.134. The zero-order valence-corrected chi connectivity index (χ0v) is 10.9. The van der Waals surface area contributed by atoms with Gasteiger partial charge in [-0.15, -0.1) is 0 Å². The zero-order valence-electron chi connectivity index (χ0n) is 10.9. The summed E-state index contributed by atoms with van der Waals surface area (Å²) in [5, 5.41) is 8.23. The van der Waals surface area contributed by atoms with Gasteiger partial charge in [0.1, 0.15) is 0 Å². The summed E-state index contributed by atoms with van der Waals surface area (Å²) in [5.74, 6) is 0.681. The van der Waals surface area contributed by atoms with E-state index in [9.17, 15) is 4.79 Å². The summed E-state index contributed by atoms with van der Waals surface area (Å²) in [6.45, 7) is 8.31. The fraction of sp³-hybridized carbons (Fsp3) is 0.615. The van der Waals surface area contributed by atoms with Gasteiger partial charge in [0.15, 0.2) is 0 Å². The zero-order chi connectivity index (χ0) is 13.0. The van der Waals surface area contributed by atoms with Crippen LogP contribution >= 0.6 is 0 Å². The van der Waals surface area contributed by atoms with Crippen molar-refractivity contribution in [1.29, 1.82) is 0 Å². The highest BCUT2D eigenvalue weighted by molar-refractivity contribution is 5.81. The number of aliphatic hydroxyl groups is 1. The molecular formula is C13H24O3. The van der Waals surface area contributed by atoms with Crippen LogP contribution in [0.2, 0.25) is 0 Å². The molecule has 0 aliphatic carbocycles. The highest BCUT2D eigenvalue weighted by Crippen LogP contribution is 1.93. The third-order valence-corrected chi connectivity index (χ3v) is 1.44. The minimum absolute atomic E-state index is 0.165. The molecule has 0 atom stereocenters. The number of methoxy groups -OCH3 is 1. The van der Waals surface area contributed by atoms with Crippen LogP contribution in [0.25, 0.3) is 0 Å². The van der Waals surface area contributed by atoms with Crippen molar-refractivity contribution in [2.75, 3.05) is 13.7 Å². The van der Waals surface area contributed by atoms with Crippen molar-refractivity contribution in [2.24, 2.45) is 11.8 Å². The average Bonchev–Trinajstić information content (AvgIpc) is 2.23. The maximum atomic E-state index is 10.4. The summed E-state index contributed by atoms with van der Waals surface area (Å²) in [7, 11) is 1.37. The molecule has 0 bridgehead atoms. The standard InChI is InChI=1S/C7H12O2.C6H12O/c1-6(2)4-5-7(8)9-3;1-6(2)4-3-5-7/h4-6H,1-3H3;3-4,6-7H,5H2,1-2H3/b5-4+;4-3+. The Balaban J connectivity index is 0. The van der Waals surface area contributed by atoms with E-state index in [1.165, 1.54) is 13.2 Å². The topological polar surface area (TPSA) is 46.5 Å². The minimum atomic E-state index is -0.288. The van der Waals surface area contributed by atoms with Crippen molar-refractivity contribution >= 4 is 5.97 Å². The van der Waals surface area contributed by atoms with Gasteiger partial charge >= 0.3 is 5.97 Å². The Morgan fingerprint density at radius 3 is 1.94 bits per heavy atom. The Hall–Kier alpha value is -1.09. The van der Waals surface area contributed by atoms with Gasteiger partial charge in [0.05, 0.1) is 13.7 Å². The molecule has 0 radical (unpaired) electrons. The van der Waals surface area contributed by atoms with E-state index in [0.717, 1.165) is 0 Å². The molecule has 0 aliphatic rings. The van der Waals surface area contributed by atoms with Gasteiger partial charge in [0.2, 0.25) is 0 Å². The SMILES string of the molecule is CC(C)/C=C/CO.COC(=O)/C=C/C(C)C. The second-order valence-corrected chi connectivity index (χ2v) is 3.98. The van der Waals surface area contributed by atoms with Crippen molar-refractivity contribution in [1.82, 2.24) is 0 Å². The molecule has 0 aromatic carbocycles. The number of esters is 1. The Morgan fingerprint density at radius 1 is 1.19 bits per heavy atom. The van der Waals surface area contributed by atoms with E-state index in [0.29, 0.717) is 11.8 Å². The molecule has 0 unspecified atom stereocenters. The molecule has 0 amide bonds. The summed E-state index contributed by atoms with van der Waals surface area (Å²) < 4.78 is 4.37. The van der Waals surface area contributed by atoms with Crippen LogP contribution in [0, 0.1) is 11.8 Å². The molecule has 0 saturated carbocycles. The van der Waals surface area contributed by atoms with Crippen molar-refractivity contribution in [3.63, 3.8) is 0 Å². The molecule has 94 valence electrons. The van der Waals surface area contributed by atoms with E-state index in [2.05, 4.69) is 18.6 Å². The predicted molar refractivity (Wildman–Crippen MR) is 67.1 cm³/mol. The van der Waals surface area contributed by atoms with Crippen LogP contribution in [0.3, 0.4) is 0 Å². The van der Waals surface area contributed by atoms with Gasteiger partial charge in [-0.2, -0.15) is 0 Å². The highest BCUT2D eigenvalue weighted by Gasteiger charge is 1.90. The summed E-state index contributed by atoms with van der Waals surface area (Å²) in [5.41, 5.74) is 0. The molecule has 0 spiro atoms. The van der Waals surface area contributed by atoms with E-state index in [1.807, 2.05) is 19.9 Å². The van der Waals surface area contributed by atoms with Crippen LogP contribution in [0.15, 0.2) is 24.3 Å². The quantitative estimate of drug-likeness (QED) is 0.457. The van der Waals surface area contributed by atoms with Crippen LogP contribution in [0.4, 0.5) is 0 Å². The lowest BCUT2D eigenvalue weighted by Crippen LogP contribution is -1.94. The Morgan fingerprint density at radius 2 is 1.69 bits per heavy atom. The van der Waals surface area contributed by atoms with Gasteiger partial charge < -0.3 is 9.84 Å². The van der Waals surface area contributed by atoms with Gasteiger partial charge in [0, 0.05) is 6.08 Å². The first kappa shape index (κ1) is 17.3. The predicted octanol–water partition coefficient (Wildman–Crippen LogP) is 2.56. The van der Waals surface area contributed by atoms with Crippen LogP contribution < -0.4 is 0 Å². The molecule has 0 aromatic rings. The third-order valence-electron chi connectivity index (χ3n) is 1.44. The summed E-state index contributed by atoms with van der Waals surface area (Å²) >= 11 is 0. The number of allylic oxidation sites excluding steroid dienone is 2. The molecule has 3 nitrogen and oxygen atoms in total. The van der Waals surface area contributed by atoms with Crippen molar-refractivity contribution in [3.05, 3.63) is 24.3 Å². The number of carbonyl (C=O) groups excluding carboxylic acids is 1. The largest absolute Gasteiger partial charge is 0.466 e. The van der Waals surface area contributed by atoms with E-state index >= 15 is 0 Å².